The molecule has 0 radical (unpaired) electrons. The molecule has 126 valence electrons. The molecule has 0 unspecified atom stereocenters. The van der Waals surface area contributed by atoms with E-state index in [1.807, 2.05) is 26.0 Å². The molecule has 0 bridgehead atoms. The number of amides is 1. The van der Waals surface area contributed by atoms with Gasteiger partial charge in [0.25, 0.3) is 5.56 Å². The zero-order valence-corrected chi connectivity index (χ0v) is 14.7. The number of anilines is 1. The number of thioether (sulfide) groups is 1. The quantitative estimate of drug-likeness (QED) is 0.708. The van der Waals surface area contributed by atoms with Crippen LogP contribution in [0.5, 0.6) is 0 Å². The van der Waals surface area contributed by atoms with Gasteiger partial charge in [0.15, 0.2) is 0 Å². The Balaban J connectivity index is 1.79. The van der Waals surface area contributed by atoms with Crippen LogP contribution in [0.2, 0.25) is 0 Å². The number of pyridine rings is 2. The highest BCUT2D eigenvalue weighted by atomic mass is 32.2. The third kappa shape index (κ3) is 2.80. The minimum Gasteiger partial charge on any atom is -0.303 e. The first-order valence-electron chi connectivity index (χ1n) is 7.91. The molecule has 0 aliphatic carbocycles. The summed E-state index contributed by atoms with van der Waals surface area (Å²) < 4.78 is 1.49. The van der Waals surface area contributed by atoms with E-state index in [9.17, 15) is 9.59 Å². The van der Waals surface area contributed by atoms with Gasteiger partial charge in [0.2, 0.25) is 5.91 Å². The molecule has 0 aromatic carbocycles. The molecule has 0 fully saturated rings. The third-order valence-corrected chi connectivity index (χ3v) is 5.08. The van der Waals surface area contributed by atoms with E-state index < -0.39 is 0 Å². The number of nitrogens with zero attached hydrogens (tertiary/aromatic N) is 4. The number of aryl methyl sites for hydroxylation is 2. The molecule has 1 amide bonds. The maximum absolute atomic E-state index is 12.5. The van der Waals surface area contributed by atoms with Crippen LogP contribution < -0.4 is 10.5 Å². The molecule has 3 aromatic rings. The molecule has 0 atom stereocenters. The first-order chi connectivity index (χ1) is 12.0. The van der Waals surface area contributed by atoms with Crippen molar-refractivity contribution in [3.63, 3.8) is 0 Å². The van der Waals surface area contributed by atoms with Gasteiger partial charge in [-0.3, -0.25) is 14.0 Å². The Labute approximate surface area is 148 Å². The van der Waals surface area contributed by atoms with Crippen molar-refractivity contribution >= 4 is 29.0 Å². The van der Waals surface area contributed by atoms with E-state index in [-0.39, 0.29) is 18.0 Å². The molecule has 7 heteroatoms. The maximum atomic E-state index is 12.5. The molecule has 1 aliphatic heterocycles. The number of hydrogen-bond donors (Lipinski definition) is 0. The second-order valence-corrected chi connectivity index (χ2v) is 6.98. The van der Waals surface area contributed by atoms with Gasteiger partial charge in [0.1, 0.15) is 10.7 Å². The smallest absolute Gasteiger partial charge is 0.258 e. The van der Waals surface area contributed by atoms with E-state index in [1.54, 1.807) is 23.2 Å². The lowest BCUT2D eigenvalue weighted by molar-refractivity contribution is -0.116. The molecule has 0 saturated carbocycles. The highest BCUT2D eigenvalue weighted by molar-refractivity contribution is 8.00. The number of hydrogen-bond acceptors (Lipinski definition) is 5. The van der Waals surface area contributed by atoms with Gasteiger partial charge in [-0.2, -0.15) is 0 Å². The average Bonchev–Trinajstić information content (AvgIpc) is 2.57. The SMILES string of the molecule is Cc1cc(C)c2c(n1)SCC(=O)N2Cc1cc(=O)n2ccccc2n1. The summed E-state index contributed by atoms with van der Waals surface area (Å²) in [6.07, 6.45) is 1.68. The van der Waals surface area contributed by atoms with Crippen molar-refractivity contribution in [3.8, 4) is 0 Å². The molecular weight excluding hydrogens is 336 g/mol. The van der Waals surface area contributed by atoms with Crippen LogP contribution in [-0.4, -0.2) is 26.0 Å². The van der Waals surface area contributed by atoms with E-state index >= 15 is 0 Å². The fraction of sp³-hybridized carbons (Fsp3) is 0.222. The van der Waals surface area contributed by atoms with E-state index in [1.165, 1.54) is 22.2 Å². The summed E-state index contributed by atoms with van der Waals surface area (Å²) in [6, 6.07) is 8.85. The third-order valence-electron chi connectivity index (χ3n) is 4.13. The Hall–Kier alpha value is -2.67. The van der Waals surface area contributed by atoms with E-state index in [4.69, 9.17) is 0 Å². The summed E-state index contributed by atoms with van der Waals surface area (Å²) >= 11 is 1.46. The van der Waals surface area contributed by atoms with Crippen molar-refractivity contribution in [2.75, 3.05) is 10.7 Å². The molecule has 3 aromatic heterocycles. The molecule has 0 spiro atoms. The predicted octanol–water partition coefficient (Wildman–Crippen LogP) is 2.35. The summed E-state index contributed by atoms with van der Waals surface area (Å²) in [6.45, 7) is 4.18. The van der Waals surface area contributed by atoms with Gasteiger partial charge in [0, 0.05) is 18.0 Å². The molecule has 4 rings (SSSR count). The minimum absolute atomic E-state index is 0.00122. The second-order valence-electron chi connectivity index (χ2n) is 6.02. The van der Waals surface area contributed by atoms with Crippen LogP contribution in [0.15, 0.2) is 46.3 Å². The van der Waals surface area contributed by atoms with Crippen LogP contribution in [0, 0.1) is 13.8 Å². The van der Waals surface area contributed by atoms with Gasteiger partial charge in [-0.1, -0.05) is 17.8 Å². The van der Waals surface area contributed by atoms with E-state index in [0.29, 0.717) is 17.1 Å². The molecule has 1 aliphatic rings. The van der Waals surface area contributed by atoms with Crippen molar-refractivity contribution in [3.05, 3.63) is 63.8 Å². The molecule has 0 saturated heterocycles. The highest BCUT2D eigenvalue weighted by Gasteiger charge is 2.28. The number of aromatic nitrogens is 3. The summed E-state index contributed by atoms with van der Waals surface area (Å²) in [7, 11) is 0. The first kappa shape index (κ1) is 15.8. The monoisotopic (exact) mass is 352 g/mol. The van der Waals surface area contributed by atoms with Crippen LogP contribution in [0.4, 0.5) is 5.69 Å². The Kier molecular flexibility index (Phi) is 3.80. The lowest BCUT2D eigenvalue weighted by atomic mass is 10.2. The van der Waals surface area contributed by atoms with Crippen LogP contribution in [0.3, 0.4) is 0 Å². The fourth-order valence-corrected chi connectivity index (χ4v) is 4.10. The lowest BCUT2D eigenvalue weighted by Crippen LogP contribution is -2.36. The summed E-state index contributed by atoms with van der Waals surface area (Å²) in [5.74, 6) is 0.344. The average molecular weight is 352 g/mol. The van der Waals surface area contributed by atoms with Crippen molar-refractivity contribution < 1.29 is 4.79 Å². The number of carbonyl (C=O) groups is 1. The fourth-order valence-electron chi connectivity index (χ4n) is 3.07. The standard InChI is InChI=1S/C18H16N4O2S/c1-11-7-12(2)19-18-17(11)22(16(24)10-25-18)9-13-8-15(23)21-6-4-3-5-14(21)20-13/h3-8H,9-10H2,1-2H3. The molecule has 4 heterocycles. The summed E-state index contributed by atoms with van der Waals surface area (Å²) in [4.78, 5) is 35.6. The first-order valence-corrected chi connectivity index (χ1v) is 8.90. The molecular formula is C18H16N4O2S. The Morgan fingerprint density at radius 3 is 2.84 bits per heavy atom. The Morgan fingerprint density at radius 1 is 1.16 bits per heavy atom. The topological polar surface area (TPSA) is 67.6 Å². The number of fused-ring (bicyclic) bond motifs is 2. The molecule has 25 heavy (non-hydrogen) atoms. The minimum atomic E-state index is -0.154. The van der Waals surface area contributed by atoms with E-state index in [2.05, 4.69) is 9.97 Å². The zero-order valence-electron chi connectivity index (χ0n) is 13.9. The van der Waals surface area contributed by atoms with Crippen LogP contribution in [0.25, 0.3) is 5.65 Å². The second kappa shape index (κ2) is 6.00. The van der Waals surface area contributed by atoms with Gasteiger partial charge < -0.3 is 4.90 Å². The number of rotatable bonds is 2. The van der Waals surface area contributed by atoms with Gasteiger partial charge in [-0.15, -0.1) is 0 Å². The van der Waals surface area contributed by atoms with E-state index in [0.717, 1.165) is 22.0 Å². The van der Waals surface area contributed by atoms with Crippen molar-refractivity contribution in [1.29, 1.82) is 0 Å². The van der Waals surface area contributed by atoms with Crippen LogP contribution in [-0.2, 0) is 11.3 Å². The summed E-state index contributed by atoms with van der Waals surface area (Å²) in [5, 5.41) is 0.856. The zero-order chi connectivity index (χ0) is 17.6. The summed E-state index contributed by atoms with van der Waals surface area (Å²) in [5.41, 5.74) is 3.74. The van der Waals surface area contributed by atoms with Crippen molar-refractivity contribution in [2.24, 2.45) is 0 Å². The van der Waals surface area contributed by atoms with Crippen LogP contribution >= 0.6 is 11.8 Å². The van der Waals surface area contributed by atoms with Crippen molar-refractivity contribution in [1.82, 2.24) is 14.4 Å². The van der Waals surface area contributed by atoms with Crippen molar-refractivity contribution in [2.45, 2.75) is 25.4 Å². The Morgan fingerprint density at radius 2 is 2.00 bits per heavy atom. The molecule has 6 nitrogen and oxygen atoms in total. The van der Waals surface area contributed by atoms with Crippen LogP contribution in [0.1, 0.15) is 17.0 Å². The lowest BCUT2D eigenvalue weighted by Gasteiger charge is -2.29. The molecule has 0 N–H and O–H groups in total. The maximum Gasteiger partial charge on any atom is 0.258 e. The van der Waals surface area contributed by atoms with Gasteiger partial charge in [0.05, 0.1) is 23.7 Å². The van der Waals surface area contributed by atoms with Gasteiger partial charge in [-0.25, -0.2) is 9.97 Å². The van der Waals surface area contributed by atoms with Gasteiger partial charge in [-0.05, 0) is 37.6 Å². The number of carbonyl (C=O) groups excluding carboxylic acids is 1. The largest absolute Gasteiger partial charge is 0.303 e. The Bertz CT molecular complexity index is 1060. The highest BCUT2D eigenvalue weighted by Crippen LogP contribution is 2.37. The van der Waals surface area contributed by atoms with Gasteiger partial charge >= 0.3 is 0 Å². The normalized spacial score (nSPS) is 14.0. The predicted molar refractivity (Wildman–Crippen MR) is 97.1 cm³/mol.